The Morgan fingerprint density at radius 3 is 2.56 bits per heavy atom. The highest BCUT2D eigenvalue weighted by molar-refractivity contribution is 5.11. The minimum atomic E-state index is 0.641. The van der Waals surface area contributed by atoms with Gasteiger partial charge in [-0.2, -0.15) is 0 Å². The normalized spacial score (nSPS) is 38.4. The fraction of sp³-hybridized carbons (Fsp3) is 0.882. The monoisotopic (exact) mass is 247 g/mol. The summed E-state index contributed by atoms with van der Waals surface area (Å²) in [6.45, 7) is 6.08. The van der Waals surface area contributed by atoms with E-state index in [4.69, 9.17) is 0 Å². The smallest absolute Gasteiger partial charge is 0.00730 e. The SMILES string of the molecule is CCC1(CNC(C)C2CC3C=CC2C3)CCCC1. The Bertz CT molecular complexity index is 314. The molecule has 2 bridgehead atoms. The van der Waals surface area contributed by atoms with Crippen LogP contribution in [0.5, 0.6) is 0 Å². The maximum Gasteiger partial charge on any atom is 0.00730 e. The van der Waals surface area contributed by atoms with Crippen molar-refractivity contribution in [1.82, 2.24) is 5.32 Å². The van der Waals surface area contributed by atoms with Crippen LogP contribution >= 0.6 is 0 Å². The Hall–Kier alpha value is -0.300. The highest BCUT2D eigenvalue weighted by Gasteiger charge is 2.39. The number of allylic oxidation sites excluding steroid dienone is 2. The molecule has 3 aliphatic carbocycles. The molecule has 0 amide bonds. The Morgan fingerprint density at radius 2 is 2.00 bits per heavy atom. The van der Waals surface area contributed by atoms with Crippen LogP contribution in [0.1, 0.15) is 58.8 Å². The fourth-order valence-corrected chi connectivity index (χ4v) is 4.71. The van der Waals surface area contributed by atoms with Crippen molar-refractivity contribution in [2.75, 3.05) is 6.54 Å². The summed E-state index contributed by atoms with van der Waals surface area (Å²) in [4.78, 5) is 0. The van der Waals surface area contributed by atoms with Gasteiger partial charge in [-0.3, -0.25) is 0 Å². The summed E-state index contributed by atoms with van der Waals surface area (Å²) >= 11 is 0. The number of nitrogens with one attached hydrogen (secondary N) is 1. The van der Waals surface area contributed by atoms with Crippen LogP contribution < -0.4 is 5.32 Å². The summed E-state index contributed by atoms with van der Waals surface area (Å²) in [6, 6.07) is 0.717. The Labute approximate surface area is 112 Å². The minimum Gasteiger partial charge on any atom is -0.313 e. The second kappa shape index (κ2) is 5.00. The van der Waals surface area contributed by atoms with E-state index in [1.54, 1.807) is 0 Å². The molecule has 0 aromatic heterocycles. The van der Waals surface area contributed by atoms with Gasteiger partial charge in [-0.25, -0.2) is 0 Å². The molecule has 2 saturated carbocycles. The third kappa shape index (κ3) is 2.27. The Balaban J connectivity index is 1.52. The predicted molar refractivity (Wildman–Crippen MR) is 77.5 cm³/mol. The number of hydrogen-bond acceptors (Lipinski definition) is 1. The van der Waals surface area contributed by atoms with Gasteiger partial charge in [0.05, 0.1) is 0 Å². The average molecular weight is 247 g/mol. The first kappa shape index (κ1) is 12.7. The zero-order chi connectivity index (χ0) is 12.6. The van der Waals surface area contributed by atoms with Gasteiger partial charge in [-0.1, -0.05) is 31.9 Å². The zero-order valence-corrected chi connectivity index (χ0v) is 12.1. The second-order valence-electron chi connectivity index (χ2n) is 7.17. The molecule has 4 atom stereocenters. The van der Waals surface area contributed by atoms with E-state index in [0.717, 1.165) is 17.8 Å². The molecule has 0 aromatic rings. The molecular weight excluding hydrogens is 218 g/mol. The summed E-state index contributed by atoms with van der Waals surface area (Å²) in [7, 11) is 0. The van der Waals surface area contributed by atoms with Gasteiger partial charge in [0.25, 0.3) is 0 Å². The van der Waals surface area contributed by atoms with Crippen molar-refractivity contribution in [1.29, 1.82) is 0 Å². The first-order valence-corrected chi connectivity index (χ1v) is 8.14. The van der Waals surface area contributed by atoms with E-state index >= 15 is 0 Å². The molecule has 3 rings (SSSR count). The fourth-order valence-electron chi connectivity index (χ4n) is 4.71. The topological polar surface area (TPSA) is 12.0 Å². The highest BCUT2D eigenvalue weighted by atomic mass is 14.9. The van der Waals surface area contributed by atoms with Crippen LogP contribution in [-0.4, -0.2) is 12.6 Å². The summed E-state index contributed by atoms with van der Waals surface area (Å²) < 4.78 is 0. The lowest BCUT2D eigenvalue weighted by Gasteiger charge is -2.33. The van der Waals surface area contributed by atoms with Gasteiger partial charge >= 0.3 is 0 Å². The van der Waals surface area contributed by atoms with Crippen LogP contribution in [0.15, 0.2) is 12.2 Å². The first-order chi connectivity index (χ1) is 8.72. The van der Waals surface area contributed by atoms with Crippen molar-refractivity contribution >= 4 is 0 Å². The van der Waals surface area contributed by atoms with Gasteiger partial charge in [0.1, 0.15) is 0 Å². The standard InChI is InChI=1S/C17H29N/c1-3-17(8-4-5-9-17)12-18-13(2)16-11-14-6-7-15(16)10-14/h6-7,13-16,18H,3-5,8-12H2,1-2H3. The van der Waals surface area contributed by atoms with E-state index in [1.165, 1.54) is 51.5 Å². The zero-order valence-electron chi connectivity index (χ0n) is 12.1. The van der Waals surface area contributed by atoms with Gasteiger partial charge in [0, 0.05) is 12.6 Å². The van der Waals surface area contributed by atoms with Crippen molar-refractivity contribution in [3.8, 4) is 0 Å². The molecule has 0 saturated heterocycles. The van der Waals surface area contributed by atoms with Gasteiger partial charge < -0.3 is 5.32 Å². The average Bonchev–Trinajstić information content (AvgIpc) is 3.12. The Morgan fingerprint density at radius 1 is 1.22 bits per heavy atom. The van der Waals surface area contributed by atoms with Crippen molar-refractivity contribution < 1.29 is 0 Å². The molecule has 2 fully saturated rings. The number of fused-ring (bicyclic) bond motifs is 2. The number of rotatable bonds is 5. The van der Waals surface area contributed by atoms with E-state index in [0.29, 0.717) is 11.5 Å². The molecule has 18 heavy (non-hydrogen) atoms. The van der Waals surface area contributed by atoms with E-state index in [9.17, 15) is 0 Å². The maximum absolute atomic E-state index is 3.91. The third-order valence-corrected chi connectivity index (χ3v) is 6.19. The number of hydrogen-bond donors (Lipinski definition) is 1. The molecule has 0 spiro atoms. The van der Waals surface area contributed by atoms with E-state index in [1.807, 2.05) is 0 Å². The Kier molecular flexibility index (Phi) is 3.53. The lowest BCUT2D eigenvalue weighted by Crippen LogP contribution is -2.41. The van der Waals surface area contributed by atoms with Gasteiger partial charge in [-0.15, -0.1) is 0 Å². The van der Waals surface area contributed by atoms with Crippen LogP contribution in [-0.2, 0) is 0 Å². The molecular formula is C17H29N. The van der Waals surface area contributed by atoms with E-state index in [2.05, 4.69) is 31.3 Å². The lowest BCUT2D eigenvalue weighted by molar-refractivity contribution is 0.230. The van der Waals surface area contributed by atoms with Crippen LogP contribution in [0, 0.1) is 23.2 Å². The maximum atomic E-state index is 3.91. The largest absolute Gasteiger partial charge is 0.313 e. The second-order valence-corrected chi connectivity index (χ2v) is 7.17. The molecule has 1 N–H and O–H groups in total. The highest BCUT2D eigenvalue weighted by Crippen LogP contribution is 2.45. The van der Waals surface area contributed by atoms with Gasteiger partial charge in [0.2, 0.25) is 0 Å². The molecule has 0 radical (unpaired) electrons. The molecule has 3 aliphatic rings. The molecule has 0 aromatic carbocycles. The van der Waals surface area contributed by atoms with Crippen molar-refractivity contribution in [2.45, 2.75) is 64.8 Å². The minimum absolute atomic E-state index is 0.641. The van der Waals surface area contributed by atoms with Crippen molar-refractivity contribution in [2.24, 2.45) is 23.2 Å². The van der Waals surface area contributed by atoms with Crippen LogP contribution in [0.4, 0.5) is 0 Å². The van der Waals surface area contributed by atoms with E-state index < -0.39 is 0 Å². The molecule has 4 unspecified atom stereocenters. The van der Waals surface area contributed by atoms with Crippen LogP contribution in [0.2, 0.25) is 0 Å². The van der Waals surface area contributed by atoms with Gasteiger partial charge in [-0.05, 0) is 62.2 Å². The molecule has 102 valence electrons. The van der Waals surface area contributed by atoms with Crippen molar-refractivity contribution in [3.05, 3.63) is 12.2 Å². The summed E-state index contributed by atoms with van der Waals surface area (Å²) in [5, 5.41) is 3.91. The summed E-state index contributed by atoms with van der Waals surface area (Å²) in [6.07, 6.45) is 15.0. The molecule has 0 aliphatic heterocycles. The predicted octanol–water partition coefficient (Wildman–Crippen LogP) is 4.15. The molecule has 1 nitrogen and oxygen atoms in total. The first-order valence-electron chi connectivity index (χ1n) is 8.14. The summed E-state index contributed by atoms with van der Waals surface area (Å²) in [5.41, 5.74) is 0.641. The quantitative estimate of drug-likeness (QED) is 0.720. The van der Waals surface area contributed by atoms with Crippen LogP contribution in [0.3, 0.4) is 0 Å². The lowest BCUT2D eigenvalue weighted by atomic mass is 9.82. The summed E-state index contributed by atoms with van der Waals surface area (Å²) in [5.74, 6) is 2.71. The third-order valence-electron chi connectivity index (χ3n) is 6.19. The molecule has 0 heterocycles. The van der Waals surface area contributed by atoms with Gasteiger partial charge in [0.15, 0.2) is 0 Å². The van der Waals surface area contributed by atoms with Crippen LogP contribution in [0.25, 0.3) is 0 Å². The van der Waals surface area contributed by atoms with E-state index in [-0.39, 0.29) is 0 Å². The van der Waals surface area contributed by atoms with Crippen molar-refractivity contribution in [3.63, 3.8) is 0 Å². The molecule has 1 heteroatoms.